The predicted molar refractivity (Wildman–Crippen MR) is 126 cm³/mol. The number of benzene rings is 1. The standard InChI is InChI=1S/C24H27ClN2O4S/c25-20-11-4-3-9-18(20)21-14-32-24(26-21)27-16(13-28)8-5-10-17(15-6-1-2-7-15)19(23(27)31)12-22(29)30/h3-5,8-9,11,14-17,19,28H,1-2,6-7,10,12-13H2,(H,29,30)/t16-,17-,19-/m0/s1. The lowest BCUT2D eigenvalue weighted by Crippen LogP contribution is -2.48. The zero-order valence-corrected chi connectivity index (χ0v) is 19.3. The summed E-state index contributed by atoms with van der Waals surface area (Å²) < 4.78 is 0. The van der Waals surface area contributed by atoms with E-state index < -0.39 is 17.9 Å². The number of carbonyl (C=O) groups excluding carboxylic acids is 1. The van der Waals surface area contributed by atoms with Crippen LogP contribution < -0.4 is 4.90 Å². The highest BCUT2D eigenvalue weighted by Crippen LogP contribution is 2.42. The first-order chi connectivity index (χ1) is 15.5. The lowest BCUT2D eigenvalue weighted by atomic mass is 9.75. The Morgan fingerprint density at radius 2 is 2.00 bits per heavy atom. The molecular formula is C24H27ClN2O4S. The van der Waals surface area contributed by atoms with E-state index in [2.05, 4.69) is 4.98 Å². The van der Waals surface area contributed by atoms with Gasteiger partial charge in [0.1, 0.15) is 0 Å². The lowest BCUT2D eigenvalue weighted by molar-refractivity contribution is -0.142. The Kier molecular flexibility index (Phi) is 7.28. The van der Waals surface area contributed by atoms with Gasteiger partial charge in [0, 0.05) is 16.0 Å². The second-order valence-electron chi connectivity index (χ2n) is 8.53. The summed E-state index contributed by atoms with van der Waals surface area (Å²) in [7, 11) is 0. The number of rotatable bonds is 6. The molecule has 2 aliphatic rings. The Morgan fingerprint density at radius 3 is 2.69 bits per heavy atom. The van der Waals surface area contributed by atoms with Crippen molar-refractivity contribution >= 4 is 39.9 Å². The van der Waals surface area contributed by atoms with Crippen LogP contribution in [0.2, 0.25) is 5.02 Å². The molecule has 1 amide bonds. The molecule has 0 unspecified atom stereocenters. The molecule has 6 nitrogen and oxygen atoms in total. The van der Waals surface area contributed by atoms with Crippen molar-refractivity contribution < 1.29 is 19.8 Å². The molecule has 2 N–H and O–H groups in total. The number of aliphatic hydroxyl groups is 1. The topological polar surface area (TPSA) is 90.7 Å². The summed E-state index contributed by atoms with van der Waals surface area (Å²) in [5.74, 6) is -1.58. The number of aliphatic hydroxyl groups excluding tert-OH is 1. The fourth-order valence-corrected chi connectivity index (χ4v) is 6.17. The number of hydrogen-bond donors (Lipinski definition) is 2. The molecular weight excluding hydrogens is 448 g/mol. The summed E-state index contributed by atoms with van der Waals surface area (Å²) in [4.78, 5) is 31.7. The minimum absolute atomic E-state index is 0.0255. The van der Waals surface area contributed by atoms with Gasteiger partial charge in [-0.25, -0.2) is 4.98 Å². The maximum absolute atomic E-state index is 13.8. The highest BCUT2D eigenvalue weighted by atomic mass is 35.5. The van der Waals surface area contributed by atoms with Crippen LogP contribution in [0.4, 0.5) is 5.13 Å². The van der Waals surface area contributed by atoms with E-state index in [1.165, 1.54) is 16.2 Å². The number of carbonyl (C=O) groups is 2. The van der Waals surface area contributed by atoms with Gasteiger partial charge in [-0.3, -0.25) is 14.5 Å². The van der Waals surface area contributed by atoms with Gasteiger partial charge < -0.3 is 10.2 Å². The molecule has 1 fully saturated rings. The van der Waals surface area contributed by atoms with Gasteiger partial charge in [-0.15, -0.1) is 11.3 Å². The van der Waals surface area contributed by atoms with Crippen molar-refractivity contribution in [3.8, 4) is 11.3 Å². The maximum atomic E-state index is 13.8. The van der Waals surface area contributed by atoms with E-state index in [0.29, 0.717) is 28.2 Å². The number of nitrogens with zero attached hydrogens (tertiary/aromatic N) is 2. The molecule has 1 saturated carbocycles. The molecule has 32 heavy (non-hydrogen) atoms. The van der Waals surface area contributed by atoms with E-state index in [0.717, 1.165) is 31.2 Å². The van der Waals surface area contributed by atoms with Gasteiger partial charge in [-0.1, -0.05) is 67.6 Å². The minimum Gasteiger partial charge on any atom is -0.481 e. The first-order valence-corrected chi connectivity index (χ1v) is 12.3. The Bertz CT molecular complexity index is 1000. The predicted octanol–water partition coefficient (Wildman–Crippen LogP) is 5.01. The number of halogens is 1. The first-order valence-electron chi connectivity index (χ1n) is 11.0. The molecule has 0 saturated heterocycles. The Labute approximate surface area is 196 Å². The normalized spacial score (nSPS) is 24.5. The van der Waals surface area contributed by atoms with Gasteiger partial charge in [0.05, 0.1) is 30.7 Å². The van der Waals surface area contributed by atoms with E-state index in [1.54, 1.807) is 6.07 Å². The third-order valence-electron chi connectivity index (χ3n) is 6.60. The third kappa shape index (κ3) is 4.75. The van der Waals surface area contributed by atoms with Crippen molar-refractivity contribution in [2.45, 2.75) is 44.6 Å². The quantitative estimate of drug-likeness (QED) is 0.574. The zero-order chi connectivity index (χ0) is 22.7. The van der Waals surface area contributed by atoms with E-state index in [1.807, 2.05) is 35.7 Å². The number of anilines is 1. The molecule has 1 aromatic heterocycles. The van der Waals surface area contributed by atoms with E-state index >= 15 is 0 Å². The Hall–Kier alpha value is -2.22. The molecule has 0 radical (unpaired) electrons. The Morgan fingerprint density at radius 1 is 1.25 bits per heavy atom. The van der Waals surface area contributed by atoms with Crippen LogP contribution in [0.5, 0.6) is 0 Å². The number of aliphatic carboxylic acids is 1. The van der Waals surface area contributed by atoms with Gasteiger partial charge in [0.2, 0.25) is 5.91 Å². The highest BCUT2D eigenvalue weighted by Gasteiger charge is 2.41. The lowest BCUT2D eigenvalue weighted by Gasteiger charge is -2.37. The average Bonchev–Trinajstić information content (AvgIpc) is 3.46. The van der Waals surface area contributed by atoms with Crippen LogP contribution in [0.3, 0.4) is 0 Å². The van der Waals surface area contributed by atoms with Crippen molar-refractivity contribution in [2.75, 3.05) is 11.5 Å². The second kappa shape index (κ2) is 10.1. The summed E-state index contributed by atoms with van der Waals surface area (Å²) in [5.41, 5.74) is 1.41. The molecule has 3 atom stereocenters. The molecule has 2 aromatic rings. The fraction of sp³-hybridized carbons (Fsp3) is 0.458. The number of aromatic nitrogens is 1. The Balaban J connectivity index is 1.73. The number of carboxylic acid groups (broad SMARTS) is 1. The molecule has 1 aliphatic heterocycles. The molecule has 170 valence electrons. The summed E-state index contributed by atoms with van der Waals surface area (Å²) in [6, 6.07) is 6.77. The number of allylic oxidation sites excluding steroid dienone is 1. The SMILES string of the molecule is O=C(O)C[C@@H]1C(=O)N(c2nc(-c3ccccc3Cl)cs2)[C@H](CO)C=CC[C@H]1C1CCCC1. The van der Waals surface area contributed by atoms with Gasteiger partial charge in [-0.2, -0.15) is 0 Å². The van der Waals surface area contributed by atoms with Gasteiger partial charge >= 0.3 is 5.97 Å². The number of hydrogen-bond acceptors (Lipinski definition) is 5. The van der Waals surface area contributed by atoms with Crippen molar-refractivity contribution in [1.29, 1.82) is 0 Å². The summed E-state index contributed by atoms with van der Waals surface area (Å²) in [6.45, 7) is -0.267. The zero-order valence-electron chi connectivity index (χ0n) is 17.7. The van der Waals surface area contributed by atoms with Gasteiger partial charge in [0.25, 0.3) is 0 Å². The number of carboxylic acids is 1. The van der Waals surface area contributed by atoms with Crippen molar-refractivity contribution in [3.05, 3.63) is 46.8 Å². The highest BCUT2D eigenvalue weighted by molar-refractivity contribution is 7.14. The summed E-state index contributed by atoms with van der Waals surface area (Å²) in [6.07, 6.45) is 8.59. The van der Waals surface area contributed by atoms with Crippen LogP contribution in [0, 0.1) is 17.8 Å². The van der Waals surface area contributed by atoms with Crippen LogP contribution in [0.1, 0.15) is 38.5 Å². The van der Waals surface area contributed by atoms with E-state index in [4.69, 9.17) is 11.6 Å². The molecule has 0 spiro atoms. The summed E-state index contributed by atoms with van der Waals surface area (Å²) in [5, 5.41) is 22.5. The molecule has 2 heterocycles. The molecule has 4 rings (SSSR count). The largest absolute Gasteiger partial charge is 0.481 e. The van der Waals surface area contributed by atoms with Crippen LogP contribution in [-0.2, 0) is 9.59 Å². The van der Waals surface area contributed by atoms with Gasteiger partial charge in [0.15, 0.2) is 5.13 Å². The molecule has 8 heteroatoms. The summed E-state index contributed by atoms with van der Waals surface area (Å²) >= 11 is 7.62. The fourth-order valence-electron chi connectivity index (χ4n) is 5.05. The van der Waals surface area contributed by atoms with Crippen LogP contribution >= 0.6 is 22.9 Å². The van der Waals surface area contributed by atoms with Gasteiger partial charge in [-0.05, 0) is 24.3 Å². The molecule has 1 aromatic carbocycles. The van der Waals surface area contributed by atoms with Crippen LogP contribution in [-0.4, -0.2) is 39.7 Å². The van der Waals surface area contributed by atoms with Crippen molar-refractivity contribution in [1.82, 2.24) is 4.98 Å². The number of amides is 1. The number of thiazole rings is 1. The monoisotopic (exact) mass is 474 g/mol. The smallest absolute Gasteiger partial charge is 0.304 e. The van der Waals surface area contributed by atoms with E-state index in [9.17, 15) is 19.8 Å². The minimum atomic E-state index is -0.979. The average molecular weight is 475 g/mol. The van der Waals surface area contributed by atoms with Crippen molar-refractivity contribution in [3.63, 3.8) is 0 Å². The second-order valence-corrected chi connectivity index (χ2v) is 9.77. The van der Waals surface area contributed by atoms with Crippen molar-refractivity contribution in [2.24, 2.45) is 17.8 Å². The van der Waals surface area contributed by atoms with Crippen LogP contribution in [0.25, 0.3) is 11.3 Å². The maximum Gasteiger partial charge on any atom is 0.304 e. The third-order valence-corrected chi connectivity index (χ3v) is 7.77. The first kappa shape index (κ1) is 23.0. The van der Waals surface area contributed by atoms with Crippen LogP contribution in [0.15, 0.2) is 41.8 Å². The molecule has 1 aliphatic carbocycles. The molecule has 0 bridgehead atoms. The van der Waals surface area contributed by atoms with E-state index in [-0.39, 0.29) is 24.9 Å².